The molecule has 0 aliphatic carbocycles. The smallest absolute Gasteiger partial charge is 0.264 e. The average molecular weight is 822 g/mol. The van der Waals surface area contributed by atoms with E-state index >= 15 is 4.79 Å². The predicted octanol–water partition coefficient (Wildman–Crippen LogP) is 7.57. The Labute approximate surface area is 352 Å². The number of fused-ring (bicyclic) bond motifs is 2. The van der Waals surface area contributed by atoms with Gasteiger partial charge >= 0.3 is 0 Å². The number of rotatable bonds is 15. The first kappa shape index (κ1) is 40.7. The number of carbonyl (C=O) groups is 2. The monoisotopic (exact) mass is 821 g/mol. The maximum absolute atomic E-state index is 15.4. The molecule has 2 aliphatic heterocycles. The van der Waals surface area contributed by atoms with Crippen molar-refractivity contribution in [3.63, 3.8) is 0 Å². The molecule has 8 rings (SSSR count). The van der Waals surface area contributed by atoms with Gasteiger partial charge in [-0.2, -0.15) is 0 Å². The van der Waals surface area contributed by atoms with Gasteiger partial charge in [0.1, 0.15) is 11.5 Å². The third-order valence-corrected chi connectivity index (χ3v) is 17.0. The number of hydrogen-bond acceptors (Lipinski definition) is 8. The number of para-hydroxylation sites is 1. The molecule has 1 saturated heterocycles. The van der Waals surface area contributed by atoms with E-state index in [9.17, 15) is 9.90 Å². The highest BCUT2D eigenvalue weighted by Crippen LogP contribution is 2.60. The number of carbonyl (C=O) groups excluding carboxylic acids is 2. The van der Waals surface area contributed by atoms with Crippen molar-refractivity contribution in [2.75, 3.05) is 30.6 Å². The minimum Gasteiger partial charge on any atom is -0.497 e. The Hall–Kier alpha value is -6.08. The van der Waals surface area contributed by atoms with Crippen LogP contribution in [0.5, 0.6) is 11.5 Å². The maximum atomic E-state index is 15.4. The largest absolute Gasteiger partial charge is 0.497 e. The molecule has 1 N–H and O–H groups in total. The summed E-state index contributed by atoms with van der Waals surface area (Å²) in [6, 6.07) is 41.2. The van der Waals surface area contributed by atoms with Crippen molar-refractivity contribution in [2.24, 2.45) is 5.92 Å². The van der Waals surface area contributed by atoms with Crippen molar-refractivity contribution in [1.29, 1.82) is 0 Å². The molecule has 1 unspecified atom stereocenters. The van der Waals surface area contributed by atoms with Gasteiger partial charge in [0.15, 0.2) is 5.60 Å². The van der Waals surface area contributed by atoms with Gasteiger partial charge in [0.2, 0.25) is 6.41 Å². The van der Waals surface area contributed by atoms with Crippen LogP contribution in [0.1, 0.15) is 41.6 Å². The highest BCUT2D eigenvalue weighted by Gasteiger charge is 2.66. The minimum atomic E-state index is -2.41. The first-order valence-electron chi connectivity index (χ1n) is 20.4. The standard InChI is InChI=1S/C48H51N5O6Si/c1-33-46(60(4,5)40-23-20-38(57-2)21-24-40)45(26-27-51-30-43(49-50-51)41(31-54)35-12-8-6-9-13-35)59-48(33)42-28-39(58-3)22-25-44(42)52(47(48)56)29-34-16-18-37(19-17-34)53(32-55)36-14-10-7-11-15-36/h6-25,28,30,32-33,41,45-46,54H,26-27,29,31H2,1-5H3/t33-,41?,45+,46-,48+/m1/s1. The molecule has 2 aliphatic rings. The average Bonchev–Trinajstić information content (AvgIpc) is 3.94. The number of methoxy groups -OCH3 is 2. The summed E-state index contributed by atoms with van der Waals surface area (Å²) in [5.41, 5.74) is 4.40. The van der Waals surface area contributed by atoms with E-state index in [1.807, 2.05) is 131 Å². The number of amides is 2. The lowest BCUT2D eigenvalue weighted by molar-refractivity contribution is -0.146. The Morgan fingerprint density at radius 3 is 2.18 bits per heavy atom. The molecule has 1 aromatic heterocycles. The highest BCUT2D eigenvalue weighted by molar-refractivity contribution is 6.91. The Kier molecular flexibility index (Phi) is 11.4. The molecule has 0 saturated carbocycles. The number of ether oxygens (including phenoxy) is 3. The van der Waals surface area contributed by atoms with Crippen LogP contribution in [-0.4, -0.2) is 67.4 Å². The van der Waals surface area contributed by atoms with Crippen LogP contribution in [0.25, 0.3) is 0 Å². The van der Waals surface area contributed by atoms with E-state index in [0.717, 1.165) is 45.9 Å². The van der Waals surface area contributed by atoms with Crippen molar-refractivity contribution in [3.8, 4) is 11.5 Å². The van der Waals surface area contributed by atoms with E-state index < -0.39 is 13.7 Å². The van der Waals surface area contributed by atoms with Gasteiger partial charge in [-0.15, -0.1) is 5.10 Å². The molecule has 11 nitrogen and oxygen atoms in total. The fourth-order valence-electron chi connectivity index (χ4n) is 9.55. The number of aryl methyl sites for hydroxylation is 1. The molecule has 5 aromatic carbocycles. The van der Waals surface area contributed by atoms with Gasteiger partial charge in [-0.1, -0.05) is 103 Å². The van der Waals surface area contributed by atoms with Crippen molar-refractivity contribution in [2.45, 2.75) is 62.7 Å². The van der Waals surface area contributed by atoms with Gasteiger partial charge in [-0.05, 0) is 77.7 Å². The summed E-state index contributed by atoms with van der Waals surface area (Å²) in [6.07, 6.45) is 2.99. The molecule has 0 radical (unpaired) electrons. The zero-order valence-corrected chi connectivity index (χ0v) is 35.6. The zero-order chi connectivity index (χ0) is 42.0. The van der Waals surface area contributed by atoms with Gasteiger partial charge in [-0.3, -0.25) is 19.2 Å². The number of aromatic nitrogens is 3. The first-order valence-corrected chi connectivity index (χ1v) is 23.5. The van der Waals surface area contributed by atoms with E-state index in [2.05, 4.69) is 42.5 Å². The van der Waals surface area contributed by atoms with Gasteiger partial charge in [0.05, 0.1) is 58.8 Å². The molecule has 2 amide bonds. The third-order valence-electron chi connectivity index (χ3n) is 12.7. The van der Waals surface area contributed by atoms with Crippen molar-refractivity contribution < 1.29 is 28.9 Å². The van der Waals surface area contributed by atoms with E-state index in [-0.39, 0.29) is 36.0 Å². The van der Waals surface area contributed by atoms with Gasteiger partial charge in [0, 0.05) is 35.6 Å². The number of anilines is 3. The Morgan fingerprint density at radius 2 is 1.53 bits per heavy atom. The second-order valence-corrected chi connectivity index (χ2v) is 20.9. The lowest BCUT2D eigenvalue weighted by Gasteiger charge is -2.37. The molecular weight excluding hydrogens is 771 g/mol. The van der Waals surface area contributed by atoms with E-state index in [4.69, 9.17) is 14.2 Å². The van der Waals surface area contributed by atoms with E-state index in [1.54, 1.807) is 19.1 Å². The maximum Gasteiger partial charge on any atom is 0.264 e. The first-order chi connectivity index (χ1) is 29.1. The summed E-state index contributed by atoms with van der Waals surface area (Å²) in [6.45, 7) is 7.65. The van der Waals surface area contributed by atoms with Crippen LogP contribution in [0.3, 0.4) is 0 Å². The second kappa shape index (κ2) is 16.9. The van der Waals surface area contributed by atoms with Crippen LogP contribution in [0.2, 0.25) is 18.6 Å². The van der Waals surface area contributed by atoms with Gasteiger partial charge in [-0.25, -0.2) is 0 Å². The Bertz CT molecular complexity index is 2430. The van der Waals surface area contributed by atoms with E-state index in [1.165, 1.54) is 5.19 Å². The number of benzene rings is 5. The number of hydrogen-bond donors (Lipinski definition) is 1. The Morgan fingerprint density at radius 1 is 0.883 bits per heavy atom. The molecule has 1 spiro atoms. The molecule has 1 fully saturated rings. The summed E-state index contributed by atoms with van der Waals surface area (Å²) in [7, 11) is 0.894. The van der Waals surface area contributed by atoms with Crippen LogP contribution in [0.4, 0.5) is 17.1 Å². The normalized spacial score (nSPS) is 20.3. The Balaban J connectivity index is 1.14. The van der Waals surface area contributed by atoms with Crippen LogP contribution in [0.15, 0.2) is 134 Å². The third kappa shape index (κ3) is 7.29. The second-order valence-electron chi connectivity index (χ2n) is 16.2. The molecule has 3 heterocycles. The molecule has 5 atom stereocenters. The summed E-state index contributed by atoms with van der Waals surface area (Å²) in [4.78, 5) is 31.0. The lowest BCUT2D eigenvalue weighted by Crippen LogP contribution is -2.51. The molecule has 60 heavy (non-hydrogen) atoms. The van der Waals surface area contributed by atoms with Crippen molar-refractivity contribution >= 4 is 42.6 Å². The van der Waals surface area contributed by atoms with Crippen molar-refractivity contribution in [3.05, 3.63) is 156 Å². The number of nitrogens with zero attached hydrogens (tertiary/aromatic N) is 5. The van der Waals surface area contributed by atoms with Gasteiger partial charge < -0.3 is 24.2 Å². The van der Waals surface area contributed by atoms with Crippen LogP contribution in [0, 0.1) is 5.92 Å². The topological polar surface area (TPSA) is 119 Å². The summed E-state index contributed by atoms with van der Waals surface area (Å²) < 4.78 is 20.5. The molecule has 12 heteroatoms. The van der Waals surface area contributed by atoms with E-state index in [0.29, 0.717) is 31.0 Å². The molecule has 0 bridgehead atoms. The summed E-state index contributed by atoms with van der Waals surface area (Å²) in [5.74, 6) is 0.826. The predicted molar refractivity (Wildman–Crippen MR) is 235 cm³/mol. The zero-order valence-electron chi connectivity index (χ0n) is 34.6. The minimum absolute atomic E-state index is 0.0120. The fourth-order valence-corrected chi connectivity index (χ4v) is 13.6. The van der Waals surface area contributed by atoms with Crippen molar-refractivity contribution in [1.82, 2.24) is 15.0 Å². The van der Waals surface area contributed by atoms with Gasteiger partial charge in [0.25, 0.3) is 5.91 Å². The lowest BCUT2D eigenvalue weighted by atomic mass is 9.82. The molecule has 308 valence electrons. The van der Waals surface area contributed by atoms with Crippen LogP contribution >= 0.6 is 0 Å². The molecule has 6 aromatic rings. The SMILES string of the molecule is COc1ccc([Si](C)(C)[C@H]2[C@H](CCn3cc(C(CO)c4ccccc4)nn3)O[C@@]3(C(=O)N(Cc4ccc(N(C=O)c5ccccc5)cc4)c4ccc(OC)cc43)[C@@H]2C)cc1. The fraction of sp³-hybridized carbons (Fsp3) is 0.292. The van der Waals surface area contributed by atoms with Crippen LogP contribution in [-0.2, 0) is 33.0 Å². The highest BCUT2D eigenvalue weighted by atomic mass is 28.3. The number of aliphatic hydroxyl groups is 1. The summed E-state index contributed by atoms with van der Waals surface area (Å²) in [5, 5.41) is 20.6. The summed E-state index contributed by atoms with van der Waals surface area (Å²) >= 11 is 0. The quantitative estimate of drug-likeness (QED) is 0.0833. The molecular formula is C48H51N5O6Si. The number of aliphatic hydroxyl groups excluding tert-OH is 1. The van der Waals surface area contributed by atoms with Crippen LogP contribution < -0.4 is 24.5 Å².